The van der Waals surface area contributed by atoms with Crippen molar-refractivity contribution < 1.29 is 4.79 Å². The molecule has 0 atom stereocenters. The number of benzene rings is 1. The van der Waals surface area contributed by atoms with E-state index in [0.717, 1.165) is 22.0 Å². The number of rotatable bonds is 6. The quantitative estimate of drug-likeness (QED) is 0.693. The van der Waals surface area contributed by atoms with Gasteiger partial charge in [0.15, 0.2) is 10.8 Å². The molecule has 0 aliphatic heterocycles. The normalized spacial score (nSPS) is 10.6. The minimum absolute atomic E-state index is 0.122. The van der Waals surface area contributed by atoms with Gasteiger partial charge in [-0.15, -0.1) is 11.3 Å². The maximum Gasteiger partial charge on any atom is 0.238 e. The minimum atomic E-state index is -0.122. The maximum absolute atomic E-state index is 12.0. The van der Waals surface area contributed by atoms with E-state index in [4.69, 9.17) is 11.6 Å². The van der Waals surface area contributed by atoms with Crippen LogP contribution in [-0.2, 0) is 11.3 Å². The number of amides is 1. The topological polar surface area (TPSA) is 79.8 Å². The predicted octanol–water partition coefficient (Wildman–Crippen LogP) is 3.29. The van der Waals surface area contributed by atoms with Crippen LogP contribution in [0.3, 0.4) is 0 Å². The zero-order valence-corrected chi connectivity index (χ0v) is 15.1. The lowest BCUT2D eigenvalue weighted by atomic mass is 10.2. The smallest absolute Gasteiger partial charge is 0.238 e. The largest absolute Gasteiger partial charge is 0.325 e. The fourth-order valence-corrected chi connectivity index (χ4v) is 3.01. The molecule has 128 valence electrons. The number of aromatic nitrogens is 3. The molecule has 0 aliphatic rings. The number of carbonyl (C=O) groups is 1. The number of carbonyl (C=O) groups excluding carboxylic acids is 1. The first-order valence-electron chi connectivity index (χ1n) is 7.60. The summed E-state index contributed by atoms with van der Waals surface area (Å²) in [7, 11) is 0. The average Bonchev–Trinajstić information content (AvgIpc) is 3.08. The van der Waals surface area contributed by atoms with E-state index in [1.807, 2.05) is 18.4 Å². The van der Waals surface area contributed by atoms with E-state index in [-0.39, 0.29) is 12.5 Å². The Kier molecular flexibility index (Phi) is 5.70. The second-order valence-corrected chi connectivity index (χ2v) is 6.60. The molecule has 0 unspecified atom stereocenters. The second-order valence-electron chi connectivity index (χ2n) is 5.33. The lowest BCUT2D eigenvalue weighted by Gasteiger charge is -2.07. The average molecular weight is 374 g/mol. The first-order valence-corrected chi connectivity index (χ1v) is 8.86. The lowest BCUT2D eigenvalue weighted by Crippen LogP contribution is -2.27. The summed E-state index contributed by atoms with van der Waals surface area (Å²) in [6.45, 7) is 2.58. The highest BCUT2D eigenvalue weighted by atomic mass is 35.5. The van der Waals surface area contributed by atoms with Gasteiger partial charge in [-0.3, -0.25) is 4.79 Å². The molecule has 2 N–H and O–H groups in total. The van der Waals surface area contributed by atoms with Gasteiger partial charge in [-0.1, -0.05) is 11.6 Å². The molecular formula is C17H16ClN5OS. The molecule has 2 heterocycles. The Morgan fingerprint density at radius 1 is 1.28 bits per heavy atom. The second kappa shape index (κ2) is 8.15. The number of nitrogens with zero attached hydrogens (tertiary/aromatic N) is 3. The third-order valence-corrected chi connectivity index (χ3v) is 4.65. The van der Waals surface area contributed by atoms with Gasteiger partial charge in [-0.05, 0) is 36.8 Å². The predicted molar refractivity (Wildman–Crippen MR) is 99.7 cm³/mol. The van der Waals surface area contributed by atoms with Crippen LogP contribution in [0, 0.1) is 6.92 Å². The van der Waals surface area contributed by atoms with E-state index in [1.165, 1.54) is 11.3 Å². The van der Waals surface area contributed by atoms with Crippen LogP contribution in [0.15, 0.2) is 42.0 Å². The zero-order chi connectivity index (χ0) is 17.6. The molecule has 6 nitrogen and oxygen atoms in total. The number of thiazole rings is 1. The maximum atomic E-state index is 12.0. The third-order valence-electron chi connectivity index (χ3n) is 3.34. The monoisotopic (exact) mass is 373 g/mol. The molecule has 0 radical (unpaired) electrons. The summed E-state index contributed by atoms with van der Waals surface area (Å²) < 4.78 is 0. The first-order chi connectivity index (χ1) is 12.1. The van der Waals surface area contributed by atoms with Crippen molar-refractivity contribution in [3.8, 4) is 10.8 Å². The van der Waals surface area contributed by atoms with Gasteiger partial charge in [0.25, 0.3) is 0 Å². The van der Waals surface area contributed by atoms with Gasteiger partial charge >= 0.3 is 0 Å². The van der Waals surface area contributed by atoms with Crippen LogP contribution < -0.4 is 10.6 Å². The Morgan fingerprint density at radius 2 is 2.08 bits per heavy atom. The molecule has 2 aromatic heterocycles. The number of anilines is 1. The van der Waals surface area contributed by atoms with Crippen molar-refractivity contribution >= 4 is 34.5 Å². The Balaban J connectivity index is 1.48. The SMILES string of the molecule is Cc1cc(NC(=O)CNCc2csc(-c3ncccn3)n2)ccc1Cl. The molecule has 1 aromatic carbocycles. The molecular weight excluding hydrogens is 358 g/mol. The molecule has 0 saturated heterocycles. The number of hydrogen-bond acceptors (Lipinski definition) is 6. The number of hydrogen-bond donors (Lipinski definition) is 2. The highest BCUT2D eigenvalue weighted by Crippen LogP contribution is 2.20. The van der Waals surface area contributed by atoms with Crippen LogP contribution in [-0.4, -0.2) is 27.4 Å². The van der Waals surface area contributed by atoms with Crippen LogP contribution in [0.2, 0.25) is 5.02 Å². The van der Waals surface area contributed by atoms with Crippen molar-refractivity contribution in [3.05, 3.63) is 58.3 Å². The highest BCUT2D eigenvalue weighted by molar-refractivity contribution is 7.13. The van der Waals surface area contributed by atoms with Crippen molar-refractivity contribution in [2.45, 2.75) is 13.5 Å². The summed E-state index contributed by atoms with van der Waals surface area (Å²) in [5, 5.41) is 9.28. The van der Waals surface area contributed by atoms with Crippen LogP contribution >= 0.6 is 22.9 Å². The van der Waals surface area contributed by atoms with E-state index in [9.17, 15) is 4.79 Å². The number of aryl methyl sites for hydroxylation is 1. The molecule has 1 amide bonds. The van der Waals surface area contributed by atoms with Crippen molar-refractivity contribution in [2.24, 2.45) is 0 Å². The van der Waals surface area contributed by atoms with Gasteiger partial charge in [-0.25, -0.2) is 15.0 Å². The van der Waals surface area contributed by atoms with E-state index < -0.39 is 0 Å². The fourth-order valence-electron chi connectivity index (χ4n) is 2.13. The Labute approximate surface area is 154 Å². The Morgan fingerprint density at radius 3 is 2.84 bits per heavy atom. The molecule has 3 rings (SSSR count). The van der Waals surface area contributed by atoms with Gasteiger partial charge in [0.05, 0.1) is 12.2 Å². The molecule has 0 fully saturated rings. The van der Waals surface area contributed by atoms with Crippen molar-refractivity contribution in [1.82, 2.24) is 20.3 Å². The van der Waals surface area contributed by atoms with Crippen LogP contribution in [0.4, 0.5) is 5.69 Å². The minimum Gasteiger partial charge on any atom is -0.325 e. The molecule has 8 heteroatoms. The van der Waals surface area contributed by atoms with Gasteiger partial charge in [0, 0.05) is 35.0 Å². The van der Waals surface area contributed by atoms with E-state index in [2.05, 4.69) is 25.6 Å². The third kappa shape index (κ3) is 4.82. The van der Waals surface area contributed by atoms with Crippen molar-refractivity contribution in [2.75, 3.05) is 11.9 Å². The fraction of sp³-hybridized carbons (Fsp3) is 0.176. The zero-order valence-electron chi connectivity index (χ0n) is 13.5. The van der Waals surface area contributed by atoms with Crippen LogP contribution in [0.5, 0.6) is 0 Å². The summed E-state index contributed by atoms with van der Waals surface area (Å²) in [4.78, 5) is 24.8. The van der Waals surface area contributed by atoms with Crippen LogP contribution in [0.1, 0.15) is 11.3 Å². The van der Waals surface area contributed by atoms with E-state index >= 15 is 0 Å². The highest BCUT2D eigenvalue weighted by Gasteiger charge is 2.08. The first kappa shape index (κ1) is 17.5. The van der Waals surface area contributed by atoms with Gasteiger partial charge in [-0.2, -0.15) is 0 Å². The number of nitrogens with one attached hydrogen (secondary N) is 2. The lowest BCUT2D eigenvalue weighted by molar-refractivity contribution is -0.115. The van der Waals surface area contributed by atoms with E-state index in [0.29, 0.717) is 17.4 Å². The molecule has 0 saturated carbocycles. The van der Waals surface area contributed by atoms with E-state index in [1.54, 1.807) is 30.6 Å². The molecule has 25 heavy (non-hydrogen) atoms. The van der Waals surface area contributed by atoms with Gasteiger partial charge < -0.3 is 10.6 Å². The summed E-state index contributed by atoms with van der Waals surface area (Å²) in [5.74, 6) is 0.484. The Bertz CT molecular complexity index is 868. The summed E-state index contributed by atoms with van der Waals surface area (Å²) in [6.07, 6.45) is 3.37. The van der Waals surface area contributed by atoms with Crippen molar-refractivity contribution in [3.63, 3.8) is 0 Å². The Hall–Kier alpha value is -2.35. The summed E-state index contributed by atoms with van der Waals surface area (Å²) in [5.41, 5.74) is 2.50. The molecule has 0 bridgehead atoms. The summed E-state index contributed by atoms with van der Waals surface area (Å²) in [6, 6.07) is 7.15. The summed E-state index contributed by atoms with van der Waals surface area (Å²) >= 11 is 7.45. The van der Waals surface area contributed by atoms with Gasteiger partial charge in [0.2, 0.25) is 5.91 Å². The van der Waals surface area contributed by atoms with Gasteiger partial charge in [0.1, 0.15) is 0 Å². The standard InChI is InChI=1S/C17H16ClN5OS/c1-11-7-12(3-4-14(11)18)22-15(24)9-19-8-13-10-25-17(23-13)16-20-5-2-6-21-16/h2-7,10,19H,8-9H2,1H3,(H,22,24). The van der Waals surface area contributed by atoms with Crippen LogP contribution in [0.25, 0.3) is 10.8 Å². The molecule has 0 spiro atoms. The number of halogens is 1. The molecule has 3 aromatic rings. The van der Waals surface area contributed by atoms with Crippen molar-refractivity contribution in [1.29, 1.82) is 0 Å². The molecule has 0 aliphatic carbocycles.